The van der Waals surface area contributed by atoms with E-state index in [0.29, 0.717) is 26.2 Å². The minimum Gasteiger partial charge on any atom is -0.339 e. The number of alkyl halides is 1. The van der Waals surface area contributed by atoms with Crippen molar-refractivity contribution in [2.75, 3.05) is 40.3 Å². The molecule has 1 saturated heterocycles. The third kappa shape index (κ3) is 3.90. The average Bonchev–Trinajstić information content (AvgIpc) is 2.36. The van der Waals surface area contributed by atoms with E-state index in [1.165, 1.54) is 22.7 Å². The van der Waals surface area contributed by atoms with Crippen LogP contribution in [-0.2, 0) is 15.0 Å². The molecule has 1 aliphatic heterocycles. The van der Waals surface area contributed by atoms with Gasteiger partial charge < -0.3 is 4.90 Å². The van der Waals surface area contributed by atoms with Gasteiger partial charge in [0, 0.05) is 40.3 Å². The summed E-state index contributed by atoms with van der Waals surface area (Å²) in [4.78, 5) is 13.6. The first-order chi connectivity index (χ1) is 8.67. The lowest BCUT2D eigenvalue weighted by molar-refractivity contribution is -0.132. The molecular formula is C11H22BrN3O3S. The lowest BCUT2D eigenvalue weighted by atomic mass is 10.1. The predicted molar refractivity (Wildman–Crippen MR) is 78.3 cm³/mol. The first-order valence-corrected chi connectivity index (χ1v) is 8.59. The normalized spacial score (nSPS) is 20.1. The van der Waals surface area contributed by atoms with Crippen molar-refractivity contribution in [1.82, 2.24) is 13.5 Å². The lowest BCUT2D eigenvalue weighted by Crippen LogP contribution is -2.54. The zero-order chi connectivity index (χ0) is 14.8. The number of hydrogen-bond donors (Lipinski definition) is 0. The molecule has 1 unspecified atom stereocenters. The van der Waals surface area contributed by atoms with Crippen molar-refractivity contribution >= 4 is 32.0 Å². The van der Waals surface area contributed by atoms with Crippen LogP contribution >= 0.6 is 15.9 Å². The Hall–Kier alpha value is -0.180. The van der Waals surface area contributed by atoms with E-state index in [0.717, 1.165) is 0 Å². The molecule has 8 heteroatoms. The van der Waals surface area contributed by atoms with Crippen LogP contribution in [0, 0.1) is 5.92 Å². The molecule has 1 amide bonds. The van der Waals surface area contributed by atoms with Crippen molar-refractivity contribution in [3.05, 3.63) is 0 Å². The van der Waals surface area contributed by atoms with E-state index >= 15 is 0 Å². The third-order valence-corrected chi connectivity index (χ3v) is 6.55. The molecule has 0 spiro atoms. The van der Waals surface area contributed by atoms with Crippen molar-refractivity contribution < 1.29 is 13.2 Å². The average molecular weight is 356 g/mol. The van der Waals surface area contributed by atoms with Gasteiger partial charge in [-0.3, -0.25) is 4.79 Å². The van der Waals surface area contributed by atoms with Gasteiger partial charge >= 0.3 is 0 Å². The Bertz CT molecular complexity index is 417. The van der Waals surface area contributed by atoms with Gasteiger partial charge in [-0.1, -0.05) is 29.8 Å². The largest absolute Gasteiger partial charge is 0.339 e. The molecule has 0 bridgehead atoms. The summed E-state index contributed by atoms with van der Waals surface area (Å²) in [7, 11) is -0.341. The Kier molecular flexibility index (Phi) is 5.78. The maximum atomic E-state index is 12.1. The van der Waals surface area contributed by atoms with Gasteiger partial charge in [0.1, 0.15) is 0 Å². The van der Waals surface area contributed by atoms with Crippen LogP contribution in [0.4, 0.5) is 0 Å². The monoisotopic (exact) mass is 355 g/mol. The number of halogens is 1. The number of carbonyl (C=O) groups is 1. The van der Waals surface area contributed by atoms with Gasteiger partial charge in [0.2, 0.25) is 5.91 Å². The van der Waals surface area contributed by atoms with E-state index in [1.54, 1.807) is 4.90 Å². The summed E-state index contributed by atoms with van der Waals surface area (Å²) >= 11 is 3.39. The standard InChI is InChI=1S/C11H22BrN3O3S/c1-9(2)10(12)11(16)14-5-7-15(8-6-14)19(17,18)13(3)4/h9-10H,5-8H2,1-4H3. The van der Waals surface area contributed by atoms with E-state index < -0.39 is 10.2 Å². The highest BCUT2D eigenvalue weighted by Crippen LogP contribution is 2.17. The van der Waals surface area contributed by atoms with Crippen molar-refractivity contribution in [2.45, 2.75) is 18.7 Å². The first-order valence-electron chi connectivity index (χ1n) is 6.28. The molecular weight excluding hydrogens is 334 g/mol. The van der Waals surface area contributed by atoms with Crippen LogP contribution in [0.1, 0.15) is 13.8 Å². The molecule has 1 atom stereocenters. The maximum absolute atomic E-state index is 12.1. The molecule has 0 aromatic heterocycles. The van der Waals surface area contributed by atoms with Gasteiger partial charge in [0.05, 0.1) is 4.83 Å². The van der Waals surface area contributed by atoms with Crippen LogP contribution in [0.2, 0.25) is 0 Å². The summed E-state index contributed by atoms with van der Waals surface area (Å²) in [5, 5.41) is 0. The zero-order valence-electron chi connectivity index (χ0n) is 11.8. The van der Waals surface area contributed by atoms with Crippen molar-refractivity contribution in [2.24, 2.45) is 5.92 Å². The summed E-state index contributed by atoms with van der Waals surface area (Å²) in [5.74, 6) is 0.257. The van der Waals surface area contributed by atoms with Crippen LogP contribution < -0.4 is 0 Å². The molecule has 1 aliphatic rings. The predicted octanol–water partition coefficient (Wildman–Crippen LogP) is 0.357. The SMILES string of the molecule is CC(C)C(Br)C(=O)N1CCN(S(=O)(=O)N(C)C)CC1. The van der Waals surface area contributed by atoms with Gasteiger partial charge in [-0.15, -0.1) is 0 Å². The Labute approximate surface area is 124 Å². The van der Waals surface area contributed by atoms with E-state index in [9.17, 15) is 13.2 Å². The first kappa shape index (κ1) is 16.9. The second-order valence-corrected chi connectivity index (χ2v) is 8.29. The quantitative estimate of drug-likeness (QED) is 0.684. The Balaban J connectivity index is 2.61. The van der Waals surface area contributed by atoms with Crippen LogP contribution in [0.15, 0.2) is 0 Å². The van der Waals surface area contributed by atoms with Gasteiger partial charge in [-0.2, -0.15) is 17.0 Å². The second-order valence-electron chi connectivity index (χ2n) is 5.16. The molecule has 0 aromatic carbocycles. The Morgan fingerprint density at radius 3 is 2.00 bits per heavy atom. The summed E-state index contributed by atoms with van der Waals surface area (Å²) in [5.41, 5.74) is 0. The molecule has 1 rings (SSSR count). The molecule has 112 valence electrons. The maximum Gasteiger partial charge on any atom is 0.281 e. The van der Waals surface area contributed by atoms with Crippen LogP contribution in [0.3, 0.4) is 0 Å². The Morgan fingerprint density at radius 2 is 1.63 bits per heavy atom. The van der Waals surface area contributed by atoms with E-state index in [-0.39, 0.29) is 16.7 Å². The lowest BCUT2D eigenvalue weighted by Gasteiger charge is -2.36. The number of carbonyl (C=O) groups excluding carboxylic acids is 1. The third-order valence-electron chi connectivity index (χ3n) is 3.16. The molecule has 1 heterocycles. The highest BCUT2D eigenvalue weighted by molar-refractivity contribution is 9.10. The molecule has 0 saturated carbocycles. The van der Waals surface area contributed by atoms with Crippen molar-refractivity contribution in [3.63, 3.8) is 0 Å². The van der Waals surface area contributed by atoms with Crippen LogP contribution in [0.5, 0.6) is 0 Å². The van der Waals surface area contributed by atoms with Crippen LogP contribution in [0.25, 0.3) is 0 Å². The molecule has 19 heavy (non-hydrogen) atoms. The zero-order valence-corrected chi connectivity index (χ0v) is 14.2. The fraction of sp³-hybridized carbons (Fsp3) is 0.909. The molecule has 1 fully saturated rings. The van der Waals surface area contributed by atoms with Gasteiger partial charge in [0.15, 0.2) is 0 Å². The van der Waals surface area contributed by atoms with E-state index in [2.05, 4.69) is 15.9 Å². The highest BCUT2D eigenvalue weighted by Gasteiger charge is 2.32. The molecule has 0 radical (unpaired) electrons. The number of amides is 1. The summed E-state index contributed by atoms with van der Waals surface area (Å²) in [6, 6.07) is 0. The number of hydrogen-bond acceptors (Lipinski definition) is 3. The highest BCUT2D eigenvalue weighted by atomic mass is 79.9. The van der Waals surface area contributed by atoms with Gasteiger partial charge in [0.25, 0.3) is 10.2 Å². The molecule has 0 N–H and O–H groups in total. The summed E-state index contributed by atoms with van der Waals surface area (Å²) in [6.45, 7) is 5.55. The molecule has 0 aromatic rings. The Morgan fingerprint density at radius 1 is 1.16 bits per heavy atom. The summed E-state index contributed by atoms with van der Waals surface area (Å²) in [6.07, 6.45) is 0. The second kappa shape index (κ2) is 6.51. The number of piperazine rings is 1. The molecule has 0 aliphatic carbocycles. The van der Waals surface area contributed by atoms with Gasteiger partial charge in [-0.05, 0) is 5.92 Å². The summed E-state index contributed by atoms with van der Waals surface area (Å²) < 4.78 is 26.5. The van der Waals surface area contributed by atoms with Crippen LogP contribution in [-0.4, -0.2) is 72.9 Å². The number of rotatable bonds is 4. The molecule has 6 nitrogen and oxygen atoms in total. The fourth-order valence-corrected chi connectivity index (χ4v) is 3.21. The van der Waals surface area contributed by atoms with Gasteiger partial charge in [-0.25, -0.2) is 0 Å². The van der Waals surface area contributed by atoms with Crippen molar-refractivity contribution in [1.29, 1.82) is 0 Å². The smallest absolute Gasteiger partial charge is 0.281 e. The van der Waals surface area contributed by atoms with E-state index in [4.69, 9.17) is 0 Å². The minimum atomic E-state index is -3.37. The topological polar surface area (TPSA) is 60.9 Å². The van der Waals surface area contributed by atoms with E-state index in [1.807, 2.05) is 13.8 Å². The fourth-order valence-electron chi connectivity index (χ4n) is 1.83. The number of nitrogens with zero attached hydrogens (tertiary/aromatic N) is 3. The van der Waals surface area contributed by atoms with Crippen molar-refractivity contribution in [3.8, 4) is 0 Å². The minimum absolute atomic E-state index is 0.0388.